The van der Waals surface area contributed by atoms with Gasteiger partial charge in [0.2, 0.25) is 0 Å². The zero-order valence-electron chi connectivity index (χ0n) is 18.1. The molecule has 9 heteroatoms. The number of amides is 1. The molecule has 8 nitrogen and oxygen atoms in total. The zero-order valence-corrected chi connectivity index (χ0v) is 18.9. The van der Waals surface area contributed by atoms with Crippen LogP contribution < -0.4 is 22.3 Å². The van der Waals surface area contributed by atoms with Crippen LogP contribution in [0.1, 0.15) is 16.1 Å². The number of nitrogen functional groups attached to an aromatic ring is 1. The minimum absolute atomic E-state index is 0.157. The van der Waals surface area contributed by atoms with E-state index in [0.29, 0.717) is 32.5 Å². The SMILES string of the molecule is CNC(=O)c1c(-n2c(=O)[nH]c3ccccc3c2=O)c2cc(Cl)ccc2n1Cc1cccc(N)c1. The van der Waals surface area contributed by atoms with Crippen LogP contribution in [0.3, 0.4) is 0 Å². The molecule has 0 aliphatic heterocycles. The first-order chi connectivity index (χ1) is 16.4. The topological polar surface area (TPSA) is 115 Å². The zero-order chi connectivity index (χ0) is 24.0. The second kappa shape index (κ2) is 8.24. The number of hydrogen-bond acceptors (Lipinski definition) is 4. The maximum Gasteiger partial charge on any atom is 0.333 e. The molecule has 0 fully saturated rings. The average molecular weight is 474 g/mol. The molecule has 1 amide bonds. The van der Waals surface area contributed by atoms with Gasteiger partial charge in [0.05, 0.1) is 22.1 Å². The molecule has 3 aromatic carbocycles. The molecule has 4 N–H and O–H groups in total. The highest BCUT2D eigenvalue weighted by Crippen LogP contribution is 2.32. The summed E-state index contributed by atoms with van der Waals surface area (Å²) in [5.74, 6) is -0.453. The molecule has 0 aliphatic rings. The number of nitrogens with one attached hydrogen (secondary N) is 2. The molecule has 34 heavy (non-hydrogen) atoms. The van der Waals surface area contributed by atoms with E-state index >= 15 is 0 Å². The summed E-state index contributed by atoms with van der Waals surface area (Å²) >= 11 is 6.31. The number of halogens is 1. The van der Waals surface area contributed by atoms with E-state index in [1.54, 1.807) is 53.1 Å². The number of carbonyl (C=O) groups excluding carboxylic acids is 1. The second-order valence-electron chi connectivity index (χ2n) is 7.89. The minimum atomic E-state index is -0.656. The molecular formula is C25H20ClN5O3. The number of nitrogens with zero attached hydrogens (tertiary/aromatic N) is 2. The van der Waals surface area contributed by atoms with E-state index in [0.717, 1.165) is 10.1 Å². The standard InChI is InChI=1S/C25H20ClN5O3/c1-28-23(32)22-21(31-24(33)17-7-2-3-8-19(17)29-25(31)34)18-12-15(26)9-10-20(18)30(22)13-14-5-4-6-16(27)11-14/h2-12H,13,27H2,1H3,(H,28,32)(H,29,34). The summed E-state index contributed by atoms with van der Waals surface area (Å²) in [7, 11) is 1.50. The lowest BCUT2D eigenvalue weighted by molar-refractivity contribution is 0.0954. The van der Waals surface area contributed by atoms with Gasteiger partial charge in [0, 0.05) is 29.7 Å². The Balaban J connectivity index is 1.92. The average Bonchev–Trinajstić information content (AvgIpc) is 3.11. The molecule has 0 saturated heterocycles. The van der Waals surface area contributed by atoms with Crippen LogP contribution in [-0.4, -0.2) is 27.1 Å². The molecule has 170 valence electrons. The van der Waals surface area contributed by atoms with Crippen molar-refractivity contribution in [1.29, 1.82) is 0 Å². The van der Waals surface area contributed by atoms with E-state index in [1.807, 2.05) is 18.2 Å². The summed E-state index contributed by atoms with van der Waals surface area (Å²) in [5, 5.41) is 3.86. The minimum Gasteiger partial charge on any atom is -0.399 e. The molecular weight excluding hydrogens is 454 g/mol. The lowest BCUT2D eigenvalue weighted by atomic mass is 10.2. The number of nitrogens with two attached hydrogens (primary N) is 1. The van der Waals surface area contributed by atoms with E-state index in [-0.39, 0.29) is 17.9 Å². The normalized spacial score (nSPS) is 11.2. The van der Waals surface area contributed by atoms with Crippen LogP contribution in [0.2, 0.25) is 5.02 Å². The summed E-state index contributed by atoms with van der Waals surface area (Å²) in [6, 6.07) is 19.1. The summed E-state index contributed by atoms with van der Waals surface area (Å²) in [5.41, 5.74) is 7.58. The predicted molar refractivity (Wildman–Crippen MR) is 134 cm³/mol. The second-order valence-corrected chi connectivity index (χ2v) is 8.32. The summed E-state index contributed by atoms with van der Waals surface area (Å²) in [4.78, 5) is 42.6. The van der Waals surface area contributed by atoms with Crippen molar-refractivity contribution in [1.82, 2.24) is 19.4 Å². The number of anilines is 1. The third-order valence-electron chi connectivity index (χ3n) is 5.76. The van der Waals surface area contributed by atoms with Crippen molar-refractivity contribution >= 4 is 45.0 Å². The third-order valence-corrected chi connectivity index (χ3v) is 6.00. The lowest BCUT2D eigenvalue weighted by Gasteiger charge is -2.13. The summed E-state index contributed by atoms with van der Waals surface area (Å²) in [6.45, 7) is 0.284. The Bertz CT molecular complexity index is 1710. The fraction of sp³-hybridized carbons (Fsp3) is 0.0800. The van der Waals surface area contributed by atoms with Crippen LogP contribution in [0.4, 0.5) is 5.69 Å². The van der Waals surface area contributed by atoms with Gasteiger partial charge in [0.15, 0.2) is 0 Å². The van der Waals surface area contributed by atoms with Crippen molar-refractivity contribution in [2.45, 2.75) is 6.54 Å². The Morgan fingerprint density at radius 2 is 1.82 bits per heavy atom. The first kappa shape index (κ1) is 21.5. The molecule has 0 saturated carbocycles. The number of aromatic amines is 1. The number of hydrogen-bond donors (Lipinski definition) is 3. The van der Waals surface area contributed by atoms with Crippen LogP contribution >= 0.6 is 11.6 Å². The highest BCUT2D eigenvalue weighted by molar-refractivity contribution is 6.31. The molecule has 2 heterocycles. The molecule has 5 aromatic rings. The smallest absolute Gasteiger partial charge is 0.333 e. The fourth-order valence-electron chi connectivity index (χ4n) is 4.29. The van der Waals surface area contributed by atoms with Gasteiger partial charge < -0.3 is 20.6 Å². The Morgan fingerprint density at radius 1 is 1.03 bits per heavy atom. The summed E-state index contributed by atoms with van der Waals surface area (Å²) < 4.78 is 2.76. The molecule has 0 radical (unpaired) electrons. The van der Waals surface area contributed by atoms with Crippen molar-refractivity contribution in [3.63, 3.8) is 0 Å². The Kier molecular flexibility index (Phi) is 5.22. The van der Waals surface area contributed by atoms with E-state index < -0.39 is 17.2 Å². The van der Waals surface area contributed by atoms with Crippen LogP contribution in [0.5, 0.6) is 0 Å². The van der Waals surface area contributed by atoms with E-state index in [1.165, 1.54) is 7.05 Å². The van der Waals surface area contributed by atoms with Crippen molar-refractivity contribution in [2.75, 3.05) is 12.8 Å². The highest BCUT2D eigenvalue weighted by Gasteiger charge is 2.26. The van der Waals surface area contributed by atoms with Crippen LogP contribution in [0.25, 0.3) is 27.5 Å². The Labute approximate surface area is 198 Å². The number of benzene rings is 3. The molecule has 5 rings (SSSR count). The van der Waals surface area contributed by atoms with Crippen LogP contribution in [0, 0.1) is 0 Å². The van der Waals surface area contributed by atoms with Gasteiger partial charge in [-0.05, 0) is 48.0 Å². The lowest BCUT2D eigenvalue weighted by Crippen LogP contribution is -2.35. The van der Waals surface area contributed by atoms with Gasteiger partial charge in [0.1, 0.15) is 5.69 Å². The van der Waals surface area contributed by atoms with Crippen molar-refractivity contribution in [2.24, 2.45) is 0 Å². The molecule has 0 atom stereocenters. The quantitative estimate of drug-likeness (QED) is 0.347. The highest BCUT2D eigenvalue weighted by atomic mass is 35.5. The van der Waals surface area contributed by atoms with Gasteiger partial charge in [-0.3, -0.25) is 9.59 Å². The van der Waals surface area contributed by atoms with Crippen LogP contribution in [-0.2, 0) is 6.54 Å². The molecule has 2 aromatic heterocycles. The molecule has 0 unspecified atom stereocenters. The summed E-state index contributed by atoms with van der Waals surface area (Å²) in [6.07, 6.45) is 0. The first-order valence-corrected chi connectivity index (χ1v) is 10.9. The number of aromatic nitrogens is 3. The van der Waals surface area contributed by atoms with Gasteiger partial charge in [-0.1, -0.05) is 35.9 Å². The Morgan fingerprint density at radius 3 is 2.59 bits per heavy atom. The Hall–Kier alpha value is -4.30. The van der Waals surface area contributed by atoms with Crippen molar-refractivity contribution in [3.05, 3.63) is 104 Å². The number of H-pyrrole nitrogens is 1. The van der Waals surface area contributed by atoms with Crippen LogP contribution in [0.15, 0.2) is 76.3 Å². The van der Waals surface area contributed by atoms with Crippen molar-refractivity contribution in [3.8, 4) is 5.69 Å². The maximum absolute atomic E-state index is 13.5. The van der Waals surface area contributed by atoms with E-state index in [4.69, 9.17) is 17.3 Å². The monoisotopic (exact) mass is 473 g/mol. The van der Waals surface area contributed by atoms with E-state index in [9.17, 15) is 14.4 Å². The van der Waals surface area contributed by atoms with E-state index in [2.05, 4.69) is 10.3 Å². The van der Waals surface area contributed by atoms with Crippen molar-refractivity contribution < 1.29 is 4.79 Å². The maximum atomic E-state index is 13.5. The number of para-hydroxylation sites is 1. The number of fused-ring (bicyclic) bond motifs is 2. The molecule has 0 spiro atoms. The van der Waals surface area contributed by atoms with Gasteiger partial charge in [-0.25, -0.2) is 9.36 Å². The predicted octanol–water partition coefficient (Wildman–Crippen LogP) is 3.28. The largest absolute Gasteiger partial charge is 0.399 e. The molecule has 0 aliphatic carbocycles. The van der Waals surface area contributed by atoms with Gasteiger partial charge in [0.25, 0.3) is 11.5 Å². The number of carbonyl (C=O) groups is 1. The third kappa shape index (κ3) is 3.45. The first-order valence-electron chi connectivity index (χ1n) is 10.5. The molecule has 0 bridgehead atoms. The number of rotatable bonds is 4. The van der Waals surface area contributed by atoms with Gasteiger partial charge >= 0.3 is 5.69 Å². The van der Waals surface area contributed by atoms with Gasteiger partial charge in [-0.15, -0.1) is 0 Å². The fourth-order valence-corrected chi connectivity index (χ4v) is 4.46. The van der Waals surface area contributed by atoms with Gasteiger partial charge in [-0.2, -0.15) is 0 Å².